The summed E-state index contributed by atoms with van der Waals surface area (Å²) in [7, 11) is 1.34. The maximum absolute atomic E-state index is 13.6. The van der Waals surface area contributed by atoms with Gasteiger partial charge in [0, 0.05) is 28.5 Å². The third-order valence-corrected chi connectivity index (χ3v) is 6.43. The number of benzene rings is 2. The molecular formula is C29H30N2O3. The van der Waals surface area contributed by atoms with E-state index in [1.807, 2.05) is 44.2 Å². The third-order valence-electron chi connectivity index (χ3n) is 6.43. The second-order valence-corrected chi connectivity index (χ2v) is 8.94. The lowest BCUT2D eigenvalue weighted by Crippen LogP contribution is -2.24. The summed E-state index contributed by atoms with van der Waals surface area (Å²) in [6.45, 7) is 12.0. The fraction of sp³-hybridized carbons (Fsp3) is 0.241. The summed E-state index contributed by atoms with van der Waals surface area (Å²) in [6.07, 6.45) is 1.82. The van der Waals surface area contributed by atoms with Crippen LogP contribution >= 0.6 is 0 Å². The van der Waals surface area contributed by atoms with Crippen molar-refractivity contribution < 1.29 is 14.3 Å². The lowest BCUT2D eigenvalue weighted by atomic mass is 10.0. The van der Waals surface area contributed by atoms with Gasteiger partial charge in [-0.3, -0.25) is 9.69 Å². The highest BCUT2D eigenvalue weighted by Gasteiger charge is 2.38. The zero-order chi connectivity index (χ0) is 24.7. The van der Waals surface area contributed by atoms with E-state index in [-0.39, 0.29) is 5.91 Å². The van der Waals surface area contributed by atoms with Crippen molar-refractivity contribution in [2.24, 2.45) is 0 Å². The summed E-state index contributed by atoms with van der Waals surface area (Å²) in [4.78, 5) is 28.0. The number of aromatic nitrogens is 1. The van der Waals surface area contributed by atoms with Gasteiger partial charge in [-0.2, -0.15) is 0 Å². The molecule has 34 heavy (non-hydrogen) atoms. The number of esters is 1. The van der Waals surface area contributed by atoms with Crippen molar-refractivity contribution >= 4 is 23.6 Å². The zero-order valence-corrected chi connectivity index (χ0v) is 20.8. The SMILES string of the molecule is COC(=O)C1=C(C)N(c2cccc(C)c2)C(=O)/C1=C/c1cc(C)n(-c2cc(C)ccc2C)c1C. The van der Waals surface area contributed by atoms with Crippen LogP contribution in [0.1, 0.15) is 40.6 Å². The van der Waals surface area contributed by atoms with Crippen LogP contribution in [0.2, 0.25) is 0 Å². The van der Waals surface area contributed by atoms with Crippen molar-refractivity contribution in [2.45, 2.75) is 41.5 Å². The second-order valence-electron chi connectivity index (χ2n) is 8.94. The molecule has 0 fully saturated rings. The monoisotopic (exact) mass is 454 g/mol. The highest BCUT2D eigenvalue weighted by Crippen LogP contribution is 2.36. The first-order valence-corrected chi connectivity index (χ1v) is 11.3. The molecule has 1 aromatic heterocycles. The molecule has 174 valence electrons. The fourth-order valence-electron chi connectivity index (χ4n) is 4.68. The fourth-order valence-corrected chi connectivity index (χ4v) is 4.68. The summed E-state index contributed by atoms with van der Waals surface area (Å²) in [5, 5.41) is 0. The molecular weight excluding hydrogens is 424 g/mol. The van der Waals surface area contributed by atoms with E-state index in [0.717, 1.165) is 33.9 Å². The van der Waals surface area contributed by atoms with Crippen molar-refractivity contribution in [2.75, 3.05) is 12.0 Å². The topological polar surface area (TPSA) is 51.5 Å². The molecule has 0 radical (unpaired) electrons. The summed E-state index contributed by atoms with van der Waals surface area (Å²) >= 11 is 0. The number of hydrogen-bond donors (Lipinski definition) is 0. The minimum absolute atomic E-state index is 0.236. The van der Waals surface area contributed by atoms with Crippen molar-refractivity contribution in [1.82, 2.24) is 4.57 Å². The van der Waals surface area contributed by atoms with Crippen LogP contribution in [0.5, 0.6) is 0 Å². The lowest BCUT2D eigenvalue weighted by Gasteiger charge is -2.18. The number of aryl methyl sites for hydroxylation is 4. The molecule has 0 unspecified atom stereocenters. The molecule has 3 aromatic rings. The molecule has 0 saturated heterocycles. The molecule has 2 aromatic carbocycles. The summed E-state index contributed by atoms with van der Waals surface area (Å²) < 4.78 is 7.26. The van der Waals surface area contributed by atoms with E-state index in [0.29, 0.717) is 16.8 Å². The number of rotatable bonds is 4. The Kier molecular flexibility index (Phi) is 6.05. The van der Waals surface area contributed by atoms with E-state index in [4.69, 9.17) is 4.74 Å². The number of anilines is 1. The smallest absolute Gasteiger partial charge is 0.340 e. The number of hydrogen-bond acceptors (Lipinski definition) is 3. The minimum atomic E-state index is -0.518. The quantitative estimate of drug-likeness (QED) is 0.364. The number of nitrogens with zero attached hydrogens (tertiary/aromatic N) is 2. The van der Waals surface area contributed by atoms with Gasteiger partial charge in [-0.05, 0) is 94.1 Å². The average Bonchev–Trinajstić information content (AvgIpc) is 3.21. The Bertz CT molecular complexity index is 1390. The Hall–Kier alpha value is -3.86. The Morgan fingerprint density at radius 1 is 0.912 bits per heavy atom. The minimum Gasteiger partial charge on any atom is -0.465 e. The van der Waals surface area contributed by atoms with E-state index < -0.39 is 5.97 Å². The molecule has 2 heterocycles. The molecule has 1 aliphatic rings. The Balaban J connectivity index is 1.88. The van der Waals surface area contributed by atoms with Gasteiger partial charge in [0.1, 0.15) is 0 Å². The Morgan fingerprint density at radius 2 is 1.62 bits per heavy atom. The number of methoxy groups -OCH3 is 1. The molecule has 0 saturated carbocycles. The summed E-state index contributed by atoms with van der Waals surface area (Å²) in [5.41, 5.74) is 9.37. The van der Waals surface area contributed by atoms with Crippen LogP contribution in [0.15, 0.2) is 65.4 Å². The highest BCUT2D eigenvalue weighted by molar-refractivity contribution is 6.23. The van der Waals surface area contributed by atoms with Crippen LogP contribution in [0.25, 0.3) is 11.8 Å². The highest BCUT2D eigenvalue weighted by atomic mass is 16.5. The molecule has 1 aliphatic heterocycles. The van der Waals surface area contributed by atoms with Gasteiger partial charge in [0.15, 0.2) is 0 Å². The van der Waals surface area contributed by atoms with Crippen molar-refractivity contribution in [3.05, 3.63) is 99.0 Å². The molecule has 5 heteroatoms. The summed E-state index contributed by atoms with van der Waals surface area (Å²) in [6, 6.07) is 16.1. The molecule has 5 nitrogen and oxygen atoms in total. The van der Waals surface area contributed by atoms with Gasteiger partial charge in [0.05, 0.1) is 18.3 Å². The van der Waals surface area contributed by atoms with Gasteiger partial charge in [0.25, 0.3) is 5.91 Å². The number of allylic oxidation sites excluding steroid dienone is 1. The second kappa shape index (κ2) is 8.82. The van der Waals surface area contributed by atoms with Crippen LogP contribution in [0.4, 0.5) is 5.69 Å². The van der Waals surface area contributed by atoms with Crippen LogP contribution in [0.3, 0.4) is 0 Å². The van der Waals surface area contributed by atoms with E-state index in [9.17, 15) is 9.59 Å². The average molecular weight is 455 g/mol. The van der Waals surface area contributed by atoms with E-state index in [1.165, 1.54) is 18.2 Å². The van der Waals surface area contributed by atoms with Crippen LogP contribution in [-0.4, -0.2) is 23.6 Å². The number of ether oxygens (including phenoxy) is 1. The van der Waals surface area contributed by atoms with E-state index in [2.05, 4.69) is 49.6 Å². The normalized spacial score (nSPS) is 15.0. The Morgan fingerprint density at radius 3 is 2.29 bits per heavy atom. The van der Waals surface area contributed by atoms with Gasteiger partial charge in [0.2, 0.25) is 0 Å². The standard InChI is InChI=1S/C29H30N2O3/c1-17-9-8-10-24(13-17)31-22(6)27(29(33)34-7)25(28(31)32)16-23-15-20(4)30(21(23)5)26-14-18(2)11-12-19(26)3/h8-16H,1-7H3/b25-16+. The molecule has 0 aliphatic carbocycles. The predicted molar refractivity (Wildman–Crippen MR) is 136 cm³/mol. The zero-order valence-electron chi connectivity index (χ0n) is 20.8. The molecule has 0 atom stereocenters. The number of carbonyl (C=O) groups excluding carboxylic acids is 2. The molecule has 0 bridgehead atoms. The van der Waals surface area contributed by atoms with Gasteiger partial charge in [-0.1, -0.05) is 24.3 Å². The molecule has 4 rings (SSSR count). The van der Waals surface area contributed by atoms with Crippen LogP contribution in [-0.2, 0) is 14.3 Å². The number of carbonyl (C=O) groups is 2. The largest absolute Gasteiger partial charge is 0.465 e. The first-order valence-electron chi connectivity index (χ1n) is 11.3. The third kappa shape index (κ3) is 3.87. The first kappa shape index (κ1) is 23.3. The maximum Gasteiger partial charge on any atom is 0.340 e. The molecule has 1 amide bonds. The van der Waals surface area contributed by atoms with Crippen molar-refractivity contribution in [3.8, 4) is 5.69 Å². The van der Waals surface area contributed by atoms with Gasteiger partial charge in [-0.15, -0.1) is 0 Å². The Labute approximate surface area is 201 Å². The van der Waals surface area contributed by atoms with E-state index >= 15 is 0 Å². The molecule has 0 N–H and O–H groups in total. The first-order chi connectivity index (χ1) is 16.1. The molecule has 0 spiro atoms. The van der Waals surface area contributed by atoms with Gasteiger partial charge >= 0.3 is 5.97 Å². The summed E-state index contributed by atoms with van der Waals surface area (Å²) in [5.74, 6) is -0.754. The maximum atomic E-state index is 13.6. The van der Waals surface area contributed by atoms with Crippen LogP contribution in [0, 0.1) is 34.6 Å². The van der Waals surface area contributed by atoms with Crippen molar-refractivity contribution in [1.29, 1.82) is 0 Å². The van der Waals surface area contributed by atoms with Crippen LogP contribution < -0.4 is 4.90 Å². The number of amides is 1. The lowest BCUT2D eigenvalue weighted by molar-refractivity contribution is -0.136. The van der Waals surface area contributed by atoms with Gasteiger partial charge in [-0.25, -0.2) is 4.79 Å². The predicted octanol–water partition coefficient (Wildman–Crippen LogP) is 5.90. The van der Waals surface area contributed by atoms with Gasteiger partial charge < -0.3 is 9.30 Å². The van der Waals surface area contributed by atoms with Crippen molar-refractivity contribution in [3.63, 3.8) is 0 Å². The van der Waals surface area contributed by atoms with E-state index in [1.54, 1.807) is 11.8 Å².